The number of nitriles is 2. The van der Waals surface area contributed by atoms with Crippen LogP contribution in [0.25, 0.3) is 44.4 Å². The summed E-state index contributed by atoms with van der Waals surface area (Å²) in [5.41, 5.74) is 0.320. The van der Waals surface area contributed by atoms with Crippen LogP contribution in [0, 0.1) is 40.2 Å². The highest BCUT2D eigenvalue weighted by atomic mass is 32.2. The number of hydrogen-bond acceptors (Lipinski definition) is 6. The van der Waals surface area contributed by atoms with Gasteiger partial charge in [0.15, 0.2) is 0 Å². The van der Waals surface area contributed by atoms with Gasteiger partial charge in [0.2, 0.25) is 10.0 Å². The van der Waals surface area contributed by atoms with Gasteiger partial charge in [-0.3, -0.25) is 0 Å². The van der Waals surface area contributed by atoms with Crippen LogP contribution >= 0.6 is 0 Å². The van der Waals surface area contributed by atoms with Crippen LogP contribution in [0.2, 0.25) is 0 Å². The molecule has 0 atom stereocenters. The molecule has 1 aliphatic rings. The molecule has 1 fully saturated rings. The molecule has 13 heteroatoms. The number of rotatable bonds is 6. The second kappa shape index (κ2) is 13.1. The van der Waals surface area contributed by atoms with E-state index >= 15 is 8.78 Å². The topological polar surface area (TPSA) is 113 Å². The molecular formula is C37H26F5N3O4S. The van der Waals surface area contributed by atoms with Crippen LogP contribution in [0.4, 0.5) is 22.0 Å². The van der Waals surface area contributed by atoms with Gasteiger partial charge in [0.1, 0.15) is 11.6 Å². The number of aromatic nitrogens is 1. The molecule has 0 N–H and O–H groups in total. The molecule has 6 rings (SSSR count). The molecule has 0 radical (unpaired) electrons. The number of hydrogen-bond donors (Lipinski definition) is 0. The fraction of sp³-hybridized carbons (Fsp3) is 0.216. The van der Waals surface area contributed by atoms with Crippen molar-refractivity contribution in [3.05, 3.63) is 107 Å². The molecule has 0 amide bonds. The minimum atomic E-state index is -4.54. The van der Waals surface area contributed by atoms with Crippen LogP contribution in [-0.4, -0.2) is 36.9 Å². The van der Waals surface area contributed by atoms with Crippen molar-refractivity contribution < 1.29 is 39.9 Å². The van der Waals surface area contributed by atoms with E-state index in [1.54, 1.807) is 6.07 Å². The normalized spacial score (nSPS) is 16.5. The van der Waals surface area contributed by atoms with Crippen LogP contribution in [0.1, 0.15) is 47.2 Å². The Balaban J connectivity index is 1.67. The van der Waals surface area contributed by atoms with E-state index in [0.29, 0.717) is 0 Å². The van der Waals surface area contributed by atoms with Gasteiger partial charge >= 0.3 is 12.1 Å². The fourth-order valence-corrected chi connectivity index (χ4v) is 8.74. The highest BCUT2D eigenvalue weighted by Crippen LogP contribution is 2.47. The van der Waals surface area contributed by atoms with E-state index in [1.807, 2.05) is 12.1 Å². The van der Waals surface area contributed by atoms with E-state index in [-0.39, 0.29) is 73.9 Å². The first-order valence-electron chi connectivity index (χ1n) is 15.4. The van der Waals surface area contributed by atoms with Gasteiger partial charge < -0.3 is 4.74 Å². The van der Waals surface area contributed by atoms with Crippen molar-refractivity contribution in [1.29, 1.82) is 10.5 Å². The maximum atomic E-state index is 15.4. The van der Waals surface area contributed by atoms with Crippen LogP contribution in [0.15, 0.2) is 78.9 Å². The smallest absolute Gasteiger partial charge is 0.391 e. The SMILES string of the molecule is COC(=O)c1ccc(-c2cccc(-c3c(-c4c(C#N)cccc4C#N)c4cc(F)ccc4n3S(=O)(=O)C3CCC(C(F)(F)F)CC3)c2)c(F)c1. The third-order valence-corrected chi connectivity index (χ3v) is 11.3. The zero-order chi connectivity index (χ0) is 36.0. The van der Waals surface area contributed by atoms with Crippen LogP contribution < -0.4 is 0 Å². The molecule has 0 spiro atoms. The first-order valence-corrected chi connectivity index (χ1v) is 16.9. The Morgan fingerprint density at radius 1 is 0.840 bits per heavy atom. The number of fused-ring (bicyclic) bond motifs is 1. The summed E-state index contributed by atoms with van der Waals surface area (Å²) in [6.07, 6.45) is -5.88. The zero-order valence-corrected chi connectivity index (χ0v) is 27.1. The second-order valence-corrected chi connectivity index (χ2v) is 14.0. The Kier molecular flexibility index (Phi) is 8.97. The number of benzene rings is 4. The van der Waals surface area contributed by atoms with Gasteiger partial charge in [-0.2, -0.15) is 23.7 Å². The van der Waals surface area contributed by atoms with Crippen molar-refractivity contribution in [1.82, 2.24) is 3.97 Å². The predicted molar refractivity (Wildman–Crippen MR) is 175 cm³/mol. The minimum absolute atomic E-state index is 0.0164. The van der Waals surface area contributed by atoms with Gasteiger partial charge in [0, 0.05) is 27.6 Å². The molecule has 0 bridgehead atoms. The standard InChI is InChI=1S/C37H26F5N3O4S/c1-49-36(46)23-8-14-29(31(39)17-23)21-4-2-5-22(16-21)35-34(33-24(19-43)6-3-7-25(33)20-44)30-18-27(38)11-15-32(30)45(35)50(47,48)28-12-9-26(10-13-28)37(40,41)42/h2-8,11,14-18,26,28H,9-10,12-13H2,1H3. The molecule has 1 heterocycles. The number of ether oxygens (including phenoxy) is 1. The first-order chi connectivity index (χ1) is 23.8. The molecule has 1 aliphatic carbocycles. The summed E-state index contributed by atoms with van der Waals surface area (Å²) in [6.45, 7) is 0. The number of halogens is 5. The second-order valence-electron chi connectivity index (χ2n) is 11.9. The van der Waals surface area contributed by atoms with E-state index in [4.69, 9.17) is 0 Å². The van der Waals surface area contributed by atoms with E-state index in [9.17, 15) is 36.9 Å². The van der Waals surface area contributed by atoms with Gasteiger partial charge in [-0.15, -0.1) is 0 Å². The summed E-state index contributed by atoms with van der Waals surface area (Å²) < 4.78 is 106. The molecule has 7 nitrogen and oxygen atoms in total. The van der Waals surface area contributed by atoms with Gasteiger partial charge in [-0.1, -0.05) is 30.3 Å². The lowest BCUT2D eigenvalue weighted by atomic mass is 9.88. The van der Waals surface area contributed by atoms with Crippen LogP contribution in [0.3, 0.4) is 0 Å². The van der Waals surface area contributed by atoms with Crippen molar-refractivity contribution >= 4 is 26.9 Å². The number of carbonyl (C=O) groups excluding carboxylic acids is 1. The lowest BCUT2D eigenvalue weighted by Crippen LogP contribution is -2.35. The van der Waals surface area contributed by atoms with Crippen LogP contribution in [0.5, 0.6) is 0 Å². The summed E-state index contributed by atoms with van der Waals surface area (Å²) >= 11 is 0. The summed E-state index contributed by atoms with van der Waals surface area (Å²) in [4.78, 5) is 12.0. The van der Waals surface area contributed by atoms with E-state index in [1.165, 1.54) is 54.6 Å². The van der Waals surface area contributed by atoms with Gasteiger partial charge in [-0.25, -0.2) is 26.0 Å². The molecule has 4 aromatic carbocycles. The third-order valence-electron chi connectivity index (χ3n) is 9.09. The molecule has 5 aromatic rings. The summed E-state index contributed by atoms with van der Waals surface area (Å²) in [5, 5.41) is 19.0. The van der Waals surface area contributed by atoms with E-state index in [0.717, 1.165) is 29.3 Å². The zero-order valence-electron chi connectivity index (χ0n) is 26.3. The number of esters is 1. The number of nitrogens with zero attached hydrogens (tertiary/aromatic N) is 3. The molecular weight excluding hydrogens is 677 g/mol. The molecule has 0 saturated heterocycles. The number of alkyl halides is 3. The highest BCUT2D eigenvalue weighted by Gasteiger charge is 2.45. The lowest BCUT2D eigenvalue weighted by Gasteiger charge is -2.30. The largest absolute Gasteiger partial charge is 0.465 e. The third kappa shape index (κ3) is 5.98. The number of carbonyl (C=O) groups is 1. The van der Waals surface area contributed by atoms with Crippen molar-refractivity contribution in [2.45, 2.75) is 37.1 Å². The maximum Gasteiger partial charge on any atom is 0.391 e. The van der Waals surface area contributed by atoms with Crippen molar-refractivity contribution in [3.8, 4) is 45.6 Å². The van der Waals surface area contributed by atoms with Crippen molar-refractivity contribution in [2.75, 3.05) is 7.11 Å². The Hall–Kier alpha value is -5.53. The van der Waals surface area contributed by atoms with Crippen LogP contribution in [-0.2, 0) is 14.8 Å². The highest BCUT2D eigenvalue weighted by molar-refractivity contribution is 7.90. The summed E-state index contributed by atoms with van der Waals surface area (Å²) in [5.74, 6) is -3.95. The quantitative estimate of drug-likeness (QED) is 0.129. The molecule has 1 aromatic heterocycles. The molecule has 0 unspecified atom stereocenters. The maximum absolute atomic E-state index is 15.4. The monoisotopic (exact) mass is 703 g/mol. The van der Waals surface area contributed by atoms with Crippen molar-refractivity contribution in [2.24, 2.45) is 5.92 Å². The van der Waals surface area contributed by atoms with Crippen molar-refractivity contribution in [3.63, 3.8) is 0 Å². The van der Waals surface area contributed by atoms with E-state index < -0.39 is 57.8 Å². The number of methoxy groups -OCH3 is 1. The summed E-state index contributed by atoms with van der Waals surface area (Å²) in [6, 6.07) is 21.4. The Labute approximate surface area is 283 Å². The Morgan fingerprint density at radius 3 is 2.08 bits per heavy atom. The Morgan fingerprint density at radius 2 is 1.48 bits per heavy atom. The minimum Gasteiger partial charge on any atom is -0.465 e. The summed E-state index contributed by atoms with van der Waals surface area (Å²) in [7, 11) is -3.39. The molecule has 50 heavy (non-hydrogen) atoms. The molecule has 0 aliphatic heterocycles. The van der Waals surface area contributed by atoms with Gasteiger partial charge in [0.25, 0.3) is 0 Å². The average Bonchev–Trinajstić information content (AvgIpc) is 3.45. The molecule has 254 valence electrons. The predicted octanol–water partition coefficient (Wildman–Crippen LogP) is 8.75. The van der Waals surface area contributed by atoms with Gasteiger partial charge in [-0.05, 0) is 79.8 Å². The van der Waals surface area contributed by atoms with E-state index in [2.05, 4.69) is 4.74 Å². The van der Waals surface area contributed by atoms with Gasteiger partial charge in [0.05, 0.1) is 58.3 Å². The lowest BCUT2D eigenvalue weighted by molar-refractivity contribution is -0.181. The fourth-order valence-electron chi connectivity index (χ4n) is 6.69. The average molecular weight is 704 g/mol. The first kappa shape index (κ1) is 34.3. The molecule has 1 saturated carbocycles. The Bertz CT molecular complexity index is 2330.